The van der Waals surface area contributed by atoms with Gasteiger partial charge in [0, 0.05) is 12.1 Å². The number of Topliss-reactive ketones (excluding diaryl/α,β-unsaturated/α-hetero) is 1. The molecule has 0 amide bonds. The van der Waals surface area contributed by atoms with Crippen molar-refractivity contribution in [1.82, 2.24) is 9.55 Å². The summed E-state index contributed by atoms with van der Waals surface area (Å²) in [4.78, 5) is 17.1. The molecule has 3 rings (SSSR count). The van der Waals surface area contributed by atoms with Crippen molar-refractivity contribution in [2.24, 2.45) is 0 Å². The second kappa shape index (κ2) is 8.64. The van der Waals surface area contributed by atoms with Crippen molar-refractivity contribution in [3.8, 4) is 5.75 Å². The van der Waals surface area contributed by atoms with E-state index in [0.717, 1.165) is 11.0 Å². The Bertz CT molecular complexity index is 846. The van der Waals surface area contributed by atoms with Crippen LogP contribution >= 0.6 is 17.0 Å². The maximum absolute atomic E-state index is 12.6. The van der Waals surface area contributed by atoms with Gasteiger partial charge in [-0.3, -0.25) is 4.79 Å². The molecule has 0 saturated heterocycles. The number of aromatic nitrogens is 2. The number of ketones is 1. The summed E-state index contributed by atoms with van der Waals surface area (Å²) in [6.45, 7) is 0.538. The van der Waals surface area contributed by atoms with Gasteiger partial charge in [0.05, 0.1) is 31.3 Å². The number of para-hydroxylation sites is 2. The normalized spacial score (nSPS) is 10.3. The first-order valence-corrected chi connectivity index (χ1v) is 7.70. The molecule has 0 aliphatic rings. The topological polar surface area (TPSA) is 76.4 Å². The molecule has 2 N–H and O–H groups in total. The fourth-order valence-corrected chi connectivity index (χ4v) is 2.55. The zero-order chi connectivity index (χ0) is 16.9. The lowest BCUT2D eigenvalue weighted by Gasteiger charge is -2.10. The summed E-state index contributed by atoms with van der Waals surface area (Å²) < 4.78 is 6.95. The number of nitrogens with zero attached hydrogens (tertiary/aromatic N) is 2. The Hall–Kier alpha value is -2.38. The SMILES string of the molecule is Br.COc1ccc(C(=O)Cn2c(NCCO)nc3ccccc32)cc1. The quantitative estimate of drug-likeness (QED) is 0.591. The molecule has 0 unspecified atom stereocenters. The third-order valence-corrected chi connectivity index (χ3v) is 3.76. The summed E-state index contributed by atoms with van der Waals surface area (Å²) in [6.07, 6.45) is 0. The number of halogens is 1. The molecule has 1 aromatic heterocycles. The van der Waals surface area contributed by atoms with Crippen molar-refractivity contribution < 1.29 is 14.6 Å². The fraction of sp³-hybridized carbons (Fsp3) is 0.222. The molecular formula is C18H20BrN3O3. The van der Waals surface area contributed by atoms with Gasteiger partial charge in [-0.15, -0.1) is 17.0 Å². The van der Waals surface area contributed by atoms with Crippen LogP contribution in [0.1, 0.15) is 10.4 Å². The Morgan fingerprint density at radius 1 is 1.20 bits per heavy atom. The highest BCUT2D eigenvalue weighted by molar-refractivity contribution is 8.93. The first kappa shape index (κ1) is 19.0. The molecule has 0 saturated carbocycles. The summed E-state index contributed by atoms with van der Waals surface area (Å²) in [7, 11) is 1.59. The highest BCUT2D eigenvalue weighted by Gasteiger charge is 2.14. The van der Waals surface area contributed by atoms with Crippen molar-refractivity contribution >= 4 is 39.7 Å². The van der Waals surface area contributed by atoms with Crippen LogP contribution in [0, 0.1) is 0 Å². The molecular weight excluding hydrogens is 386 g/mol. The van der Waals surface area contributed by atoms with E-state index in [4.69, 9.17) is 9.84 Å². The number of fused-ring (bicyclic) bond motifs is 1. The summed E-state index contributed by atoms with van der Waals surface area (Å²) in [5, 5.41) is 12.1. The Kier molecular flexibility index (Phi) is 6.55. The minimum absolute atomic E-state index is 0. The smallest absolute Gasteiger partial charge is 0.204 e. The van der Waals surface area contributed by atoms with Gasteiger partial charge in [0.1, 0.15) is 5.75 Å². The third kappa shape index (κ3) is 4.18. The minimum Gasteiger partial charge on any atom is -0.497 e. The molecule has 0 aliphatic heterocycles. The second-order valence-electron chi connectivity index (χ2n) is 5.31. The molecule has 6 nitrogen and oxygen atoms in total. The number of aliphatic hydroxyl groups excluding tert-OH is 1. The third-order valence-electron chi connectivity index (χ3n) is 3.76. The van der Waals surface area contributed by atoms with Gasteiger partial charge in [-0.2, -0.15) is 0 Å². The van der Waals surface area contributed by atoms with Crippen molar-refractivity contribution in [2.75, 3.05) is 25.6 Å². The average Bonchev–Trinajstić information content (AvgIpc) is 2.97. The maximum atomic E-state index is 12.6. The molecule has 132 valence electrons. The van der Waals surface area contributed by atoms with Crippen molar-refractivity contribution in [3.63, 3.8) is 0 Å². The molecule has 3 aromatic rings. The minimum atomic E-state index is -0.0205. The first-order chi connectivity index (χ1) is 11.7. The Morgan fingerprint density at radius 2 is 1.92 bits per heavy atom. The van der Waals surface area contributed by atoms with Gasteiger partial charge in [-0.05, 0) is 36.4 Å². The summed E-state index contributed by atoms with van der Waals surface area (Å²) in [5.74, 6) is 1.27. The number of rotatable bonds is 7. The summed E-state index contributed by atoms with van der Waals surface area (Å²) >= 11 is 0. The van der Waals surface area contributed by atoms with E-state index in [2.05, 4.69) is 10.3 Å². The average molecular weight is 406 g/mol. The van der Waals surface area contributed by atoms with E-state index in [1.54, 1.807) is 31.4 Å². The van der Waals surface area contributed by atoms with Crippen LogP contribution in [0.3, 0.4) is 0 Å². The number of benzene rings is 2. The lowest BCUT2D eigenvalue weighted by Crippen LogP contribution is -2.15. The van der Waals surface area contributed by atoms with Crippen molar-refractivity contribution in [1.29, 1.82) is 0 Å². The molecule has 7 heteroatoms. The Morgan fingerprint density at radius 3 is 2.60 bits per heavy atom. The van der Waals surface area contributed by atoms with Gasteiger partial charge in [-0.1, -0.05) is 12.1 Å². The van der Waals surface area contributed by atoms with E-state index in [0.29, 0.717) is 23.8 Å². The van der Waals surface area contributed by atoms with E-state index >= 15 is 0 Å². The van der Waals surface area contributed by atoms with Crippen LogP contribution < -0.4 is 10.1 Å². The monoisotopic (exact) mass is 405 g/mol. The number of nitrogens with one attached hydrogen (secondary N) is 1. The van der Waals surface area contributed by atoms with E-state index < -0.39 is 0 Å². The molecule has 2 aromatic carbocycles. The zero-order valence-corrected chi connectivity index (χ0v) is 15.5. The van der Waals surface area contributed by atoms with Gasteiger partial charge in [0.15, 0.2) is 5.78 Å². The van der Waals surface area contributed by atoms with Crippen LogP contribution in [0.2, 0.25) is 0 Å². The van der Waals surface area contributed by atoms with Gasteiger partial charge in [0.2, 0.25) is 5.95 Å². The zero-order valence-electron chi connectivity index (χ0n) is 13.8. The summed E-state index contributed by atoms with van der Waals surface area (Å²) in [5.41, 5.74) is 2.29. The van der Waals surface area contributed by atoms with Crippen molar-refractivity contribution in [2.45, 2.75) is 6.54 Å². The van der Waals surface area contributed by atoms with Crippen LogP contribution in [0.5, 0.6) is 5.75 Å². The van der Waals surface area contributed by atoms with Gasteiger partial charge >= 0.3 is 0 Å². The molecule has 0 radical (unpaired) electrons. The number of carbonyl (C=O) groups is 1. The van der Waals surface area contributed by atoms with Crippen LogP contribution in [0.25, 0.3) is 11.0 Å². The lowest BCUT2D eigenvalue weighted by molar-refractivity contribution is 0.0974. The molecule has 0 spiro atoms. The molecule has 0 aliphatic carbocycles. The Balaban J connectivity index is 0.00000225. The number of ether oxygens (including phenoxy) is 1. The molecule has 25 heavy (non-hydrogen) atoms. The van der Waals surface area contributed by atoms with Gasteiger partial charge in [0.25, 0.3) is 0 Å². The number of anilines is 1. The van der Waals surface area contributed by atoms with Crippen LogP contribution in [-0.2, 0) is 6.54 Å². The largest absolute Gasteiger partial charge is 0.497 e. The highest BCUT2D eigenvalue weighted by atomic mass is 79.9. The number of aliphatic hydroxyl groups is 1. The van der Waals surface area contributed by atoms with Gasteiger partial charge in [-0.25, -0.2) is 4.98 Å². The molecule has 1 heterocycles. The lowest BCUT2D eigenvalue weighted by atomic mass is 10.1. The van der Waals surface area contributed by atoms with E-state index in [9.17, 15) is 4.79 Å². The number of methoxy groups -OCH3 is 1. The highest BCUT2D eigenvalue weighted by Crippen LogP contribution is 2.21. The maximum Gasteiger partial charge on any atom is 0.204 e. The van der Waals surface area contributed by atoms with Gasteiger partial charge < -0.3 is 19.7 Å². The molecule has 0 fully saturated rings. The van der Waals surface area contributed by atoms with Crippen LogP contribution in [-0.4, -0.2) is 40.7 Å². The molecule has 0 bridgehead atoms. The fourth-order valence-electron chi connectivity index (χ4n) is 2.55. The van der Waals surface area contributed by atoms with Crippen LogP contribution in [0.4, 0.5) is 5.95 Å². The summed E-state index contributed by atoms with van der Waals surface area (Å²) in [6, 6.07) is 14.7. The number of carbonyl (C=O) groups excluding carboxylic acids is 1. The molecule has 0 atom stereocenters. The second-order valence-corrected chi connectivity index (χ2v) is 5.31. The van der Waals surface area contributed by atoms with E-state index in [1.807, 2.05) is 28.8 Å². The predicted molar refractivity (Wildman–Crippen MR) is 103 cm³/mol. The Labute approximate surface area is 156 Å². The van der Waals surface area contributed by atoms with Crippen LogP contribution in [0.15, 0.2) is 48.5 Å². The van der Waals surface area contributed by atoms with E-state index in [-0.39, 0.29) is 35.9 Å². The standard InChI is InChI=1S/C18H19N3O3.BrH/c1-24-14-8-6-13(7-9-14)17(23)12-21-16-5-3-2-4-15(16)20-18(21)19-10-11-22;/h2-9,22H,10-12H2,1H3,(H,19,20);1H. The number of imidazole rings is 1. The number of hydrogen-bond acceptors (Lipinski definition) is 5. The predicted octanol–water partition coefficient (Wildman–Crippen LogP) is 2.91. The van der Waals surface area contributed by atoms with Crippen molar-refractivity contribution in [3.05, 3.63) is 54.1 Å². The first-order valence-electron chi connectivity index (χ1n) is 7.70. The van der Waals surface area contributed by atoms with E-state index in [1.165, 1.54) is 0 Å². The number of hydrogen-bond donors (Lipinski definition) is 2.